The van der Waals surface area contributed by atoms with Crippen molar-refractivity contribution >= 4 is 5.78 Å². The molecule has 3 heteroatoms. The van der Waals surface area contributed by atoms with E-state index in [2.05, 4.69) is 19.9 Å². The quantitative estimate of drug-likeness (QED) is 0.660. The molecule has 1 unspecified atom stereocenters. The van der Waals surface area contributed by atoms with E-state index in [9.17, 15) is 4.79 Å². The summed E-state index contributed by atoms with van der Waals surface area (Å²) >= 11 is 0. The first-order valence-electron chi connectivity index (χ1n) is 5.35. The molecule has 0 spiro atoms. The van der Waals surface area contributed by atoms with Crippen LogP contribution >= 0.6 is 0 Å². The molecule has 3 nitrogen and oxygen atoms in total. The number of ketones is 1. The lowest BCUT2D eigenvalue weighted by Crippen LogP contribution is -2.24. The predicted octanol–water partition coefficient (Wildman–Crippen LogP) is 2.33. The third-order valence-corrected chi connectivity index (χ3v) is 3.24. The smallest absolute Gasteiger partial charge is 0.162 e. The zero-order valence-corrected chi connectivity index (χ0v) is 9.17. The van der Waals surface area contributed by atoms with E-state index < -0.39 is 0 Å². The van der Waals surface area contributed by atoms with Crippen molar-refractivity contribution in [1.82, 2.24) is 0 Å². The van der Waals surface area contributed by atoms with E-state index in [-0.39, 0.29) is 17.3 Å². The Morgan fingerprint density at radius 3 is 2.93 bits per heavy atom. The minimum absolute atomic E-state index is 0.0343. The Labute approximate surface area is 89.7 Å². The lowest BCUT2D eigenvalue weighted by atomic mass is 9.77. The highest BCUT2D eigenvalue weighted by Crippen LogP contribution is 2.45. The molecule has 0 aromatic heterocycles. The first-order valence-corrected chi connectivity index (χ1v) is 5.35. The van der Waals surface area contributed by atoms with Crippen LogP contribution in [0.2, 0.25) is 0 Å². The van der Waals surface area contributed by atoms with E-state index in [1.807, 2.05) is 0 Å². The second-order valence-corrected chi connectivity index (χ2v) is 4.92. The molecule has 1 atom stereocenters. The lowest BCUT2D eigenvalue weighted by molar-refractivity contribution is -0.117. The van der Waals surface area contributed by atoms with Crippen LogP contribution in [0.4, 0.5) is 0 Å². The average Bonchev–Trinajstić information content (AvgIpc) is 2.58. The first kappa shape index (κ1) is 10.2. The summed E-state index contributed by atoms with van der Waals surface area (Å²) in [7, 11) is 0. The second kappa shape index (κ2) is 3.37. The molecule has 80 valence electrons. The van der Waals surface area contributed by atoms with Crippen molar-refractivity contribution in [3.05, 3.63) is 11.3 Å². The van der Waals surface area contributed by atoms with Crippen molar-refractivity contribution in [3.8, 4) is 6.07 Å². The van der Waals surface area contributed by atoms with Gasteiger partial charge in [0, 0.05) is 23.8 Å². The minimum atomic E-state index is -0.0960. The number of Topliss-reactive ketones (excluding diaryl/α,β-unsaturated/α-hetero) is 1. The van der Waals surface area contributed by atoms with Gasteiger partial charge in [0.1, 0.15) is 11.9 Å². The number of ether oxygens (including phenoxy) is 1. The Bertz CT molecular complexity index is 374. The van der Waals surface area contributed by atoms with Gasteiger partial charge in [-0.3, -0.25) is 4.79 Å². The van der Waals surface area contributed by atoms with E-state index in [1.165, 1.54) is 0 Å². The molecule has 0 saturated carbocycles. The maximum atomic E-state index is 11.7. The molecule has 0 N–H and O–H groups in total. The third kappa shape index (κ3) is 1.65. The number of carbonyl (C=O) groups is 1. The monoisotopic (exact) mass is 205 g/mol. The van der Waals surface area contributed by atoms with Crippen molar-refractivity contribution in [3.63, 3.8) is 0 Å². The molecule has 0 fully saturated rings. The van der Waals surface area contributed by atoms with Gasteiger partial charge < -0.3 is 4.74 Å². The topological polar surface area (TPSA) is 50.1 Å². The maximum absolute atomic E-state index is 11.7. The molecule has 0 amide bonds. The number of hydrogen-bond acceptors (Lipinski definition) is 3. The van der Waals surface area contributed by atoms with Crippen LogP contribution in [0.15, 0.2) is 11.3 Å². The molecule has 0 radical (unpaired) electrons. The number of allylic oxidation sites excluding steroid dienone is 1. The van der Waals surface area contributed by atoms with Gasteiger partial charge >= 0.3 is 0 Å². The van der Waals surface area contributed by atoms with Crippen molar-refractivity contribution in [2.24, 2.45) is 5.41 Å². The summed E-state index contributed by atoms with van der Waals surface area (Å²) in [6.07, 6.45) is 2.38. The molecule has 1 aliphatic carbocycles. The van der Waals surface area contributed by atoms with Crippen molar-refractivity contribution in [2.45, 2.75) is 45.6 Å². The number of rotatable bonds is 1. The van der Waals surface area contributed by atoms with E-state index in [4.69, 9.17) is 10.00 Å². The van der Waals surface area contributed by atoms with Crippen LogP contribution in [0.25, 0.3) is 0 Å². The van der Waals surface area contributed by atoms with Gasteiger partial charge in [-0.2, -0.15) is 5.26 Å². The second-order valence-electron chi connectivity index (χ2n) is 4.92. The summed E-state index contributed by atoms with van der Waals surface area (Å²) in [5.41, 5.74) is 0.805. The summed E-state index contributed by atoms with van der Waals surface area (Å²) in [5, 5.41) is 8.62. The van der Waals surface area contributed by atoms with Gasteiger partial charge in [0.05, 0.1) is 12.5 Å². The number of nitrogens with zero attached hydrogens (tertiary/aromatic N) is 1. The highest BCUT2D eigenvalue weighted by molar-refractivity contribution is 5.97. The Morgan fingerprint density at radius 2 is 2.33 bits per heavy atom. The predicted molar refractivity (Wildman–Crippen MR) is 54.8 cm³/mol. The maximum Gasteiger partial charge on any atom is 0.162 e. The Kier molecular flexibility index (Phi) is 2.30. The fourth-order valence-corrected chi connectivity index (χ4v) is 2.31. The zero-order valence-electron chi connectivity index (χ0n) is 9.17. The molecule has 2 rings (SSSR count). The molecule has 1 aliphatic heterocycles. The summed E-state index contributed by atoms with van der Waals surface area (Å²) in [6.45, 7) is 4.20. The number of carbonyl (C=O) groups excluding carboxylic acids is 1. The Balaban J connectivity index is 2.25. The molecule has 15 heavy (non-hydrogen) atoms. The molecule has 2 aliphatic rings. The van der Waals surface area contributed by atoms with Crippen LogP contribution in [0.5, 0.6) is 0 Å². The molecule has 1 heterocycles. The molecule has 0 bridgehead atoms. The van der Waals surface area contributed by atoms with Gasteiger partial charge in [-0.25, -0.2) is 0 Å². The number of nitriles is 1. The zero-order chi connectivity index (χ0) is 11.1. The Morgan fingerprint density at radius 1 is 1.60 bits per heavy atom. The minimum Gasteiger partial charge on any atom is -0.492 e. The molecule has 0 aromatic carbocycles. The fraction of sp³-hybridized carbons (Fsp3) is 0.667. The van der Waals surface area contributed by atoms with E-state index in [0.717, 1.165) is 17.8 Å². The van der Waals surface area contributed by atoms with Gasteiger partial charge in [0.15, 0.2) is 5.78 Å². The molecular weight excluding hydrogens is 190 g/mol. The SMILES string of the molecule is CC1(C)CCC(=O)C2=C1OC(CC#N)C2. The third-order valence-electron chi connectivity index (χ3n) is 3.24. The van der Waals surface area contributed by atoms with Crippen LogP contribution in [-0.2, 0) is 9.53 Å². The van der Waals surface area contributed by atoms with Gasteiger partial charge in [-0.05, 0) is 6.42 Å². The standard InChI is InChI=1S/C12H15NO2/c1-12(2)5-3-10(14)9-7-8(4-6-13)15-11(9)12/h8H,3-5,7H2,1-2H3. The van der Waals surface area contributed by atoms with Crippen LogP contribution in [0.3, 0.4) is 0 Å². The van der Waals surface area contributed by atoms with Crippen LogP contribution < -0.4 is 0 Å². The van der Waals surface area contributed by atoms with Crippen molar-refractivity contribution in [1.29, 1.82) is 5.26 Å². The van der Waals surface area contributed by atoms with Crippen LogP contribution in [0.1, 0.15) is 39.5 Å². The number of hydrogen-bond donors (Lipinski definition) is 0. The van der Waals surface area contributed by atoms with Crippen LogP contribution in [0, 0.1) is 16.7 Å². The fourth-order valence-electron chi connectivity index (χ4n) is 2.31. The van der Waals surface area contributed by atoms with Gasteiger partial charge in [0.2, 0.25) is 0 Å². The van der Waals surface area contributed by atoms with E-state index in [0.29, 0.717) is 19.3 Å². The Hall–Kier alpha value is -1.30. The molecular formula is C12H15NO2. The summed E-state index contributed by atoms with van der Waals surface area (Å²) < 4.78 is 5.73. The van der Waals surface area contributed by atoms with Crippen molar-refractivity contribution in [2.75, 3.05) is 0 Å². The molecule has 0 saturated heterocycles. The van der Waals surface area contributed by atoms with Gasteiger partial charge in [-0.15, -0.1) is 0 Å². The van der Waals surface area contributed by atoms with Gasteiger partial charge in [0.25, 0.3) is 0 Å². The highest BCUT2D eigenvalue weighted by Gasteiger charge is 2.41. The van der Waals surface area contributed by atoms with E-state index >= 15 is 0 Å². The van der Waals surface area contributed by atoms with Crippen molar-refractivity contribution < 1.29 is 9.53 Å². The first-order chi connectivity index (χ1) is 7.04. The normalized spacial score (nSPS) is 28.3. The molecule has 0 aromatic rings. The lowest BCUT2D eigenvalue weighted by Gasteiger charge is -2.30. The summed E-state index contributed by atoms with van der Waals surface area (Å²) in [5.74, 6) is 1.06. The van der Waals surface area contributed by atoms with E-state index in [1.54, 1.807) is 0 Å². The highest BCUT2D eigenvalue weighted by atomic mass is 16.5. The largest absolute Gasteiger partial charge is 0.492 e. The summed E-state index contributed by atoms with van der Waals surface area (Å²) in [4.78, 5) is 11.7. The van der Waals surface area contributed by atoms with Gasteiger partial charge in [-0.1, -0.05) is 13.8 Å². The average molecular weight is 205 g/mol. The summed E-state index contributed by atoms with van der Waals surface area (Å²) in [6, 6.07) is 2.10. The van der Waals surface area contributed by atoms with Crippen LogP contribution in [-0.4, -0.2) is 11.9 Å².